The highest BCUT2D eigenvalue weighted by Gasteiger charge is 2.01. The van der Waals surface area contributed by atoms with Crippen LogP contribution in [0.1, 0.15) is 26.2 Å². The second-order valence-corrected chi connectivity index (χ2v) is 3.81. The Morgan fingerprint density at radius 1 is 1.36 bits per heavy atom. The summed E-state index contributed by atoms with van der Waals surface area (Å²) in [5, 5.41) is 8.35. The minimum Gasteiger partial charge on any atom is -0.481 e. The summed E-state index contributed by atoms with van der Waals surface area (Å²) in [6, 6.07) is 0. The van der Waals surface area contributed by atoms with Crippen LogP contribution in [0.2, 0.25) is 0 Å². The first-order valence-electron chi connectivity index (χ1n) is 4.62. The first-order chi connectivity index (χ1) is 6.66. The van der Waals surface area contributed by atoms with Crippen molar-refractivity contribution in [3.63, 3.8) is 0 Å². The fourth-order valence-electron chi connectivity index (χ4n) is 0.839. The maximum Gasteiger partial charge on any atom is 0.315 e. The highest BCUT2D eigenvalue weighted by Crippen LogP contribution is 2.06. The molecule has 0 heterocycles. The van der Waals surface area contributed by atoms with Crippen LogP contribution in [-0.4, -0.2) is 35.2 Å². The van der Waals surface area contributed by atoms with Crippen LogP contribution in [0.5, 0.6) is 0 Å². The normalized spacial score (nSPS) is 9.79. The molecule has 0 fully saturated rings. The summed E-state index contributed by atoms with van der Waals surface area (Å²) in [4.78, 5) is 21.0. The van der Waals surface area contributed by atoms with E-state index in [0.717, 1.165) is 12.2 Å². The van der Waals surface area contributed by atoms with Gasteiger partial charge < -0.3 is 9.84 Å². The first-order valence-corrected chi connectivity index (χ1v) is 5.77. The third-order valence-electron chi connectivity index (χ3n) is 1.45. The van der Waals surface area contributed by atoms with Gasteiger partial charge in [-0.2, -0.15) is 11.8 Å². The zero-order valence-electron chi connectivity index (χ0n) is 8.32. The number of unbranched alkanes of at least 4 members (excludes halogenated alkanes) is 1. The topological polar surface area (TPSA) is 63.6 Å². The number of carboxylic acid groups (broad SMARTS) is 1. The van der Waals surface area contributed by atoms with Gasteiger partial charge in [0, 0.05) is 6.42 Å². The Labute approximate surface area is 88.0 Å². The number of carbonyl (C=O) groups is 2. The molecule has 1 N–H and O–H groups in total. The predicted octanol–water partition coefficient (Wildman–Crippen LogP) is 1.54. The van der Waals surface area contributed by atoms with Crippen molar-refractivity contribution < 1.29 is 19.4 Å². The summed E-state index contributed by atoms with van der Waals surface area (Å²) in [5.41, 5.74) is 0. The van der Waals surface area contributed by atoms with Gasteiger partial charge in [0.15, 0.2) is 0 Å². The summed E-state index contributed by atoms with van der Waals surface area (Å²) in [6.07, 6.45) is 1.71. The van der Waals surface area contributed by atoms with E-state index in [4.69, 9.17) is 9.84 Å². The summed E-state index contributed by atoms with van der Waals surface area (Å²) >= 11 is 1.49. The van der Waals surface area contributed by atoms with Crippen molar-refractivity contribution in [1.29, 1.82) is 0 Å². The second-order valence-electron chi connectivity index (χ2n) is 2.71. The van der Waals surface area contributed by atoms with Crippen molar-refractivity contribution >= 4 is 23.7 Å². The summed E-state index contributed by atoms with van der Waals surface area (Å²) in [5.74, 6) is 0.212. The smallest absolute Gasteiger partial charge is 0.315 e. The average Bonchev–Trinajstić information content (AvgIpc) is 2.11. The van der Waals surface area contributed by atoms with Gasteiger partial charge in [-0.25, -0.2) is 0 Å². The summed E-state index contributed by atoms with van der Waals surface area (Å²) < 4.78 is 4.73. The van der Waals surface area contributed by atoms with Gasteiger partial charge in [0.05, 0.1) is 12.4 Å². The number of rotatable bonds is 8. The minimum absolute atomic E-state index is 0.198. The number of aliphatic carboxylic acids is 1. The van der Waals surface area contributed by atoms with E-state index in [2.05, 4.69) is 0 Å². The van der Waals surface area contributed by atoms with E-state index in [0.29, 0.717) is 18.8 Å². The van der Waals surface area contributed by atoms with Gasteiger partial charge in [0.1, 0.15) is 0 Å². The van der Waals surface area contributed by atoms with Crippen LogP contribution in [0.25, 0.3) is 0 Å². The fourth-order valence-corrected chi connectivity index (χ4v) is 1.64. The third kappa shape index (κ3) is 9.38. The Hall–Kier alpha value is -0.710. The molecule has 0 bridgehead atoms. The molecule has 0 spiro atoms. The molecule has 0 rings (SSSR count). The number of thioether (sulfide) groups is 1. The lowest BCUT2D eigenvalue weighted by atomic mass is 10.3. The summed E-state index contributed by atoms with van der Waals surface area (Å²) in [6.45, 7) is 2.19. The lowest BCUT2D eigenvalue weighted by Gasteiger charge is -2.01. The van der Waals surface area contributed by atoms with E-state index in [1.165, 1.54) is 11.8 Å². The van der Waals surface area contributed by atoms with Gasteiger partial charge in [-0.05, 0) is 25.5 Å². The lowest BCUT2D eigenvalue weighted by molar-refractivity contribution is -0.140. The highest BCUT2D eigenvalue weighted by molar-refractivity contribution is 7.99. The van der Waals surface area contributed by atoms with E-state index in [-0.39, 0.29) is 12.4 Å². The SMILES string of the molecule is CCOC(=O)CSCCCCC(=O)O. The number of carbonyl (C=O) groups excluding carboxylic acids is 1. The van der Waals surface area contributed by atoms with Gasteiger partial charge in [-0.15, -0.1) is 0 Å². The zero-order chi connectivity index (χ0) is 10.8. The molecule has 0 amide bonds. The van der Waals surface area contributed by atoms with E-state index < -0.39 is 5.97 Å². The van der Waals surface area contributed by atoms with E-state index in [1.807, 2.05) is 0 Å². The second kappa shape index (κ2) is 8.87. The molecule has 0 aliphatic carbocycles. The van der Waals surface area contributed by atoms with Crippen LogP contribution in [0.3, 0.4) is 0 Å². The van der Waals surface area contributed by atoms with Crippen molar-refractivity contribution in [2.24, 2.45) is 0 Å². The zero-order valence-corrected chi connectivity index (χ0v) is 9.14. The molecule has 0 aliphatic rings. The molecule has 0 aromatic carbocycles. The molecule has 0 saturated carbocycles. The number of hydrogen-bond donors (Lipinski definition) is 1. The van der Waals surface area contributed by atoms with Crippen LogP contribution in [0.15, 0.2) is 0 Å². The Morgan fingerprint density at radius 3 is 2.64 bits per heavy atom. The minimum atomic E-state index is -0.764. The highest BCUT2D eigenvalue weighted by atomic mass is 32.2. The fraction of sp³-hybridized carbons (Fsp3) is 0.778. The van der Waals surface area contributed by atoms with E-state index in [9.17, 15) is 9.59 Å². The first kappa shape index (κ1) is 13.3. The Bertz CT molecular complexity index is 182. The van der Waals surface area contributed by atoms with Gasteiger partial charge in [-0.3, -0.25) is 9.59 Å². The Morgan fingerprint density at radius 2 is 2.07 bits per heavy atom. The van der Waals surface area contributed by atoms with Crippen LogP contribution >= 0.6 is 11.8 Å². The molecule has 14 heavy (non-hydrogen) atoms. The van der Waals surface area contributed by atoms with E-state index in [1.54, 1.807) is 6.92 Å². The van der Waals surface area contributed by atoms with Crippen LogP contribution in [-0.2, 0) is 14.3 Å². The number of hydrogen-bond acceptors (Lipinski definition) is 4. The molecular weight excluding hydrogens is 204 g/mol. The molecule has 0 radical (unpaired) electrons. The average molecular weight is 220 g/mol. The molecule has 0 atom stereocenters. The molecule has 4 nitrogen and oxygen atoms in total. The largest absolute Gasteiger partial charge is 0.481 e. The van der Waals surface area contributed by atoms with Gasteiger partial charge in [0.2, 0.25) is 0 Å². The quantitative estimate of drug-likeness (QED) is 0.496. The maximum atomic E-state index is 10.8. The molecule has 0 aromatic heterocycles. The maximum absolute atomic E-state index is 10.8. The molecule has 82 valence electrons. The van der Waals surface area contributed by atoms with Gasteiger partial charge in [-0.1, -0.05) is 0 Å². The standard InChI is InChI=1S/C9H16O4S/c1-2-13-9(12)7-14-6-4-3-5-8(10)11/h2-7H2,1H3,(H,10,11). The van der Waals surface area contributed by atoms with Crippen LogP contribution in [0, 0.1) is 0 Å². The van der Waals surface area contributed by atoms with Crippen molar-refractivity contribution in [1.82, 2.24) is 0 Å². The lowest BCUT2D eigenvalue weighted by Crippen LogP contribution is -2.07. The molecule has 0 aromatic rings. The third-order valence-corrected chi connectivity index (χ3v) is 2.47. The van der Waals surface area contributed by atoms with Gasteiger partial charge >= 0.3 is 11.9 Å². The van der Waals surface area contributed by atoms with Crippen LogP contribution in [0.4, 0.5) is 0 Å². The number of ether oxygens (including phenoxy) is 1. The molecular formula is C9H16O4S. The monoisotopic (exact) mass is 220 g/mol. The Balaban J connectivity index is 3.13. The van der Waals surface area contributed by atoms with Gasteiger partial charge in [0.25, 0.3) is 0 Å². The van der Waals surface area contributed by atoms with Crippen molar-refractivity contribution in [2.75, 3.05) is 18.1 Å². The van der Waals surface area contributed by atoms with Crippen molar-refractivity contribution in [3.05, 3.63) is 0 Å². The van der Waals surface area contributed by atoms with Crippen LogP contribution < -0.4 is 0 Å². The number of carboxylic acids is 1. The molecule has 0 unspecified atom stereocenters. The molecule has 5 heteroatoms. The molecule has 0 saturated heterocycles. The molecule has 0 aliphatic heterocycles. The van der Waals surface area contributed by atoms with Crippen molar-refractivity contribution in [3.8, 4) is 0 Å². The summed E-state index contributed by atoms with van der Waals surface area (Å²) in [7, 11) is 0. The predicted molar refractivity (Wildman–Crippen MR) is 55.4 cm³/mol. The van der Waals surface area contributed by atoms with Crippen molar-refractivity contribution in [2.45, 2.75) is 26.2 Å². The van der Waals surface area contributed by atoms with E-state index >= 15 is 0 Å². The Kier molecular flexibility index (Phi) is 8.42. The number of esters is 1.